The summed E-state index contributed by atoms with van der Waals surface area (Å²) >= 11 is 0. The van der Waals surface area contributed by atoms with Gasteiger partial charge in [0.05, 0.1) is 106 Å². The van der Waals surface area contributed by atoms with Gasteiger partial charge in [0, 0.05) is 6.54 Å². The number of hydrogen-bond acceptors (Lipinski definition) is 12. The lowest BCUT2D eigenvalue weighted by molar-refractivity contribution is -0.145. The first-order chi connectivity index (χ1) is 18.1. The lowest BCUT2D eigenvalue weighted by atomic mass is 10.5. The standard InChI is InChI=1S/C23H43NO13/c1-2-37-23(28)3-5-29-7-9-31-11-13-33-15-17-35-18-16-34-14-12-32-10-8-30-6-4-24-21(25)19-36-20-22(26)27/h2-20H2,1H3,(H,24,25)(H,26,27). The van der Waals surface area contributed by atoms with Crippen molar-refractivity contribution in [2.24, 2.45) is 0 Å². The van der Waals surface area contributed by atoms with E-state index >= 15 is 0 Å². The average molecular weight is 542 g/mol. The van der Waals surface area contributed by atoms with E-state index in [1.54, 1.807) is 6.92 Å². The molecule has 14 heteroatoms. The number of esters is 1. The number of carboxylic acid groups (broad SMARTS) is 1. The fourth-order valence-corrected chi connectivity index (χ4v) is 2.35. The highest BCUT2D eigenvalue weighted by atomic mass is 16.6. The molecule has 0 aromatic carbocycles. The second-order valence-electron chi connectivity index (χ2n) is 7.08. The van der Waals surface area contributed by atoms with E-state index < -0.39 is 18.5 Å². The van der Waals surface area contributed by atoms with Gasteiger partial charge in [-0.05, 0) is 6.92 Å². The highest BCUT2D eigenvalue weighted by Gasteiger charge is 2.03. The molecule has 0 aromatic rings. The van der Waals surface area contributed by atoms with Crippen molar-refractivity contribution >= 4 is 17.8 Å². The topological polar surface area (TPSA) is 167 Å². The molecule has 0 bridgehead atoms. The molecular weight excluding hydrogens is 498 g/mol. The number of carbonyl (C=O) groups is 3. The van der Waals surface area contributed by atoms with Crippen molar-refractivity contribution in [2.45, 2.75) is 13.3 Å². The third kappa shape index (κ3) is 30.2. The molecule has 0 saturated carbocycles. The minimum atomic E-state index is -1.12. The summed E-state index contributed by atoms with van der Waals surface area (Å²) < 4.78 is 46.9. The van der Waals surface area contributed by atoms with Crippen molar-refractivity contribution < 1.29 is 62.1 Å². The maximum Gasteiger partial charge on any atom is 0.329 e. The molecule has 0 fully saturated rings. The van der Waals surface area contributed by atoms with Crippen LogP contribution in [0.4, 0.5) is 0 Å². The third-order valence-corrected chi connectivity index (χ3v) is 4.02. The predicted molar refractivity (Wildman–Crippen MR) is 128 cm³/mol. The molecule has 1 amide bonds. The van der Waals surface area contributed by atoms with E-state index in [1.165, 1.54) is 0 Å². The SMILES string of the molecule is CCOC(=O)CCOCCOCCOCCOCCOCCOCCOCCNC(=O)COCC(=O)O. The van der Waals surface area contributed by atoms with Gasteiger partial charge in [0.15, 0.2) is 0 Å². The molecule has 0 aliphatic rings. The van der Waals surface area contributed by atoms with E-state index in [0.717, 1.165) is 0 Å². The summed E-state index contributed by atoms with van der Waals surface area (Å²) in [5, 5.41) is 10.9. The Hall–Kier alpha value is -1.91. The highest BCUT2D eigenvalue weighted by molar-refractivity contribution is 5.77. The van der Waals surface area contributed by atoms with E-state index in [0.29, 0.717) is 106 Å². The summed E-state index contributed by atoms with van der Waals surface area (Å²) in [5.41, 5.74) is 0. The van der Waals surface area contributed by atoms with Gasteiger partial charge in [0.1, 0.15) is 13.2 Å². The third-order valence-electron chi connectivity index (χ3n) is 4.02. The van der Waals surface area contributed by atoms with Crippen LogP contribution < -0.4 is 5.32 Å². The summed E-state index contributed by atoms with van der Waals surface area (Å²) in [6, 6.07) is 0. The van der Waals surface area contributed by atoms with Crippen molar-refractivity contribution in [3.8, 4) is 0 Å². The molecule has 0 spiro atoms. The predicted octanol–water partition coefficient (Wildman–Crippen LogP) is -0.727. The minimum Gasteiger partial charge on any atom is -0.480 e. The van der Waals surface area contributed by atoms with Crippen molar-refractivity contribution in [3.63, 3.8) is 0 Å². The van der Waals surface area contributed by atoms with Gasteiger partial charge >= 0.3 is 11.9 Å². The van der Waals surface area contributed by atoms with Crippen molar-refractivity contribution in [1.29, 1.82) is 0 Å². The molecule has 14 nitrogen and oxygen atoms in total. The van der Waals surface area contributed by atoms with Gasteiger partial charge in [-0.1, -0.05) is 0 Å². The van der Waals surface area contributed by atoms with E-state index in [-0.39, 0.29) is 19.0 Å². The van der Waals surface area contributed by atoms with Gasteiger partial charge in [0.2, 0.25) is 5.91 Å². The van der Waals surface area contributed by atoms with Crippen LogP contribution in [-0.2, 0) is 57.0 Å². The largest absolute Gasteiger partial charge is 0.480 e. The number of rotatable bonds is 29. The Morgan fingerprint density at radius 1 is 0.568 bits per heavy atom. The van der Waals surface area contributed by atoms with Crippen LogP contribution in [0.1, 0.15) is 13.3 Å². The van der Waals surface area contributed by atoms with Crippen molar-refractivity contribution in [2.75, 3.05) is 119 Å². The zero-order chi connectivity index (χ0) is 27.2. The summed E-state index contributed by atoms with van der Waals surface area (Å²) in [6.45, 7) is 7.52. The number of nitrogens with one attached hydrogen (secondary N) is 1. The normalized spacial score (nSPS) is 10.9. The van der Waals surface area contributed by atoms with Gasteiger partial charge in [-0.3, -0.25) is 9.59 Å². The first kappa shape index (κ1) is 35.1. The molecule has 0 heterocycles. The first-order valence-electron chi connectivity index (χ1n) is 12.3. The summed E-state index contributed by atoms with van der Waals surface area (Å²) in [5.74, 6) is -1.79. The summed E-state index contributed by atoms with van der Waals surface area (Å²) in [4.78, 5) is 32.7. The van der Waals surface area contributed by atoms with Gasteiger partial charge < -0.3 is 53.1 Å². The smallest absolute Gasteiger partial charge is 0.329 e. The monoisotopic (exact) mass is 541 g/mol. The number of ether oxygens (including phenoxy) is 9. The summed E-state index contributed by atoms with van der Waals surface area (Å²) in [6.07, 6.45) is 0.245. The molecular formula is C23H43NO13. The van der Waals surface area contributed by atoms with E-state index in [4.69, 9.17) is 43.0 Å². The fraction of sp³-hybridized carbons (Fsp3) is 0.870. The molecule has 0 radical (unpaired) electrons. The maximum atomic E-state index is 11.3. The van der Waals surface area contributed by atoms with Gasteiger partial charge in [-0.2, -0.15) is 0 Å². The Morgan fingerprint density at radius 3 is 1.38 bits per heavy atom. The quantitative estimate of drug-likeness (QED) is 0.0900. The van der Waals surface area contributed by atoms with Crippen LogP contribution in [0.3, 0.4) is 0 Å². The molecule has 0 unspecified atom stereocenters. The molecule has 218 valence electrons. The second kappa shape index (κ2) is 28.7. The van der Waals surface area contributed by atoms with E-state index in [2.05, 4.69) is 10.1 Å². The van der Waals surface area contributed by atoms with Gasteiger partial charge in [0.25, 0.3) is 0 Å². The van der Waals surface area contributed by atoms with Crippen LogP contribution in [0.2, 0.25) is 0 Å². The Balaban J connectivity index is 3.12. The van der Waals surface area contributed by atoms with Gasteiger partial charge in [-0.15, -0.1) is 0 Å². The highest BCUT2D eigenvalue weighted by Crippen LogP contribution is 1.89. The van der Waals surface area contributed by atoms with Crippen molar-refractivity contribution in [3.05, 3.63) is 0 Å². The first-order valence-corrected chi connectivity index (χ1v) is 12.3. The molecule has 0 aliphatic carbocycles. The molecule has 0 saturated heterocycles. The van der Waals surface area contributed by atoms with E-state index in [9.17, 15) is 14.4 Å². The molecule has 0 rings (SSSR count). The van der Waals surface area contributed by atoms with Crippen LogP contribution >= 0.6 is 0 Å². The lowest BCUT2D eigenvalue weighted by Crippen LogP contribution is -2.31. The molecule has 0 aromatic heterocycles. The van der Waals surface area contributed by atoms with Crippen molar-refractivity contribution in [1.82, 2.24) is 5.32 Å². The van der Waals surface area contributed by atoms with Crippen LogP contribution in [-0.4, -0.2) is 142 Å². The Kier molecular flexibility index (Phi) is 27.2. The number of aliphatic carboxylic acids is 1. The molecule has 0 aliphatic heterocycles. The van der Waals surface area contributed by atoms with Gasteiger partial charge in [-0.25, -0.2) is 4.79 Å². The molecule has 2 N–H and O–H groups in total. The van der Waals surface area contributed by atoms with Crippen LogP contribution in [0.15, 0.2) is 0 Å². The zero-order valence-corrected chi connectivity index (χ0v) is 21.8. The fourth-order valence-electron chi connectivity index (χ4n) is 2.35. The summed E-state index contributed by atoms with van der Waals surface area (Å²) in [7, 11) is 0. The second-order valence-corrected chi connectivity index (χ2v) is 7.08. The maximum absolute atomic E-state index is 11.3. The van der Waals surface area contributed by atoms with Crippen LogP contribution in [0, 0.1) is 0 Å². The Bertz CT molecular complexity index is 551. The van der Waals surface area contributed by atoms with Crippen LogP contribution in [0.25, 0.3) is 0 Å². The molecule has 0 atom stereocenters. The van der Waals surface area contributed by atoms with E-state index in [1.807, 2.05) is 0 Å². The number of carboxylic acids is 1. The van der Waals surface area contributed by atoms with Crippen LogP contribution in [0.5, 0.6) is 0 Å². The average Bonchev–Trinajstić information content (AvgIpc) is 2.86. The zero-order valence-electron chi connectivity index (χ0n) is 21.8. The Labute approximate surface area is 218 Å². The minimum absolute atomic E-state index is 0.245. The number of carbonyl (C=O) groups excluding carboxylic acids is 2. The lowest BCUT2D eigenvalue weighted by Gasteiger charge is -2.09. The number of hydrogen-bond donors (Lipinski definition) is 2. The number of amides is 1. The Morgan fingerprint density at radius 2 is 0.973 bits per heavy atom. The molecule has 37 heavy (non-hydrogen) atoms.